The van der Waals surface area contributed by atoms with Gasteiger partial charge in [0.25, 0.3) is 0 Å². The minimum atomic E-state index is -0.816. The number of likely N-dealkylation sites (tertiary alicyclic amines) is 1. The Hall–Kier alpha value is -1.56. The highest BCUT2D eigenvalue weighted by atomic mass is 32.1. The van der Waals surface area contributed by atoms with E-state index in [0.29, 0.717) is 19.5 Å². The van der Waals surface area contributed by atoms with Crippen molar-refractivity contribution in [1.29, 1.82) is 0 Å². The molecule has 0 aliphatic carbocycles. The molecule has 0 radical (unpaired) electrons. The van der Waals surface area contributed by atoms with Crippen LogP contribution in [0.15, 0.2) is 16.8 Å². The van der Waals surface area contributed by atoms with Crippen molar-refractivity contribution in [1.82, 2.24) is 10.2 Å². The number of carbonyl (C=O) groups excluding carboxylic acids is 1. The molecule has 1 aliphatic heterocycles. The number of rotatable bonds is 3. The summed E-state index contributed by atoms with van der Waals surface area (Å²) in [6.07, 6.45) is 1.40. The maximum absolute atomic E-state index is 12.1. The zero-order valence-electron chi connectivity index (χ0n) is 10.8. The summed E-state index contributed by atoms with van der Waals surface area (Å²) < 4.78 is 0. The average molecular weight is 282 g/mol. The van der Waals surface area contributed by atoms with Crippen molar-refractivity contribution in [3.8, 4) is 0 Å². The Kier molecular flexibility index (Phi) is 4.42. The van der Waals surface area contributed by atoms with Crippen molar-refractivity contribution >= 4 is 23.3 Å². The number of carboxylic acids is 1. The Bertz CT molecular complexity index is 447. The summed E-state index contributed by atoms with van der Waals surface area (Å²) in [7, 11) is 0. The number of hydrogen-bond acceptors (Lipinski definition) is 3. The van der Waals surface area contributed by atoms with Gasteiger partial charge in [0.1, 0.15) is 0 Å². The summed E-state index contributed by atoms with van der Waals surface area (Å²) in [5, 5.41) is 15.9. The van der Waals surface area contributed by atoms with Gasteiger partial charge in [-0.05, 0) is 42.2 Å². The lowest BCUT2D eigenvalue weighted by molar-refractivity contribution is -0.143. The first-order valence-electron chi connectivity index (χ1n) is 6.38. The molecule has 2 atom stereocenters. The van der Waals surface area contributed by atoms with Gasteiger partial charge in [-0.15, -0.1) is 0 Å². The molecule has 2 amide bonds. The molecule has 104 valence electrons. The standard InChI is InChI=1S/C13H18N2O3S/c1-9(11-4-6-19-8-11)14-13(18)15-5-2-3-10(7-15)12(16)17/h4,6,8-10H,2-3,5,7H2,1H3,(H,14,18)(H,16,17). The van der Waals surface area contributed by atoms with Gasteiger partial charge in [-0.2, -0.15) is 11.3 Å². The van der Waals surface area contributed by atoms with Crippen LogP contribution >= 0.6 is 11.3 Å². The quantitative estimate of drug-likeness (QED) is 0.894. The van der Waals surface area contributed by atoms with E-state index in [9.17, 15) is 9.59 Å². The van der Waals surface area contributed by atoms with Crippen LogP contribution in [-0.2, 0) is 4.79 Å². The number of urea groups is 1. The second-order valence-electron chi connectivity index (χ2n) is 4.85. The van der Waals surface area contributed by atoms with Gasteiger partial charge < -0.3 is 15.3 Å². The van der Waals surface area contributed by atoms with Crippen LogP contribution in [0.2, 0.25) is 0 Å². The molecule has 0 saturated carbocycles. The van der Waals surface area contributed by atoms with Crippen molar-refractivity contribution in [3.63, 3.8) is 0 Å². The number of carboxylic acid groups (broad SMARTS) is 1. The lowest BCUT2D eigenvalue weighted by Gasteiger charge is -2.31. The predicted molar refractivity (Wildman–Crippen MR) is 73.2 cm³/mol. The molecule has 2 rings (SSSR count). The Morgan fingerprint density at radius 3 is 3.00 bits per heavy atom. The van der Waals surface area contributed by atoms with Crippen LogP contribution in [-0.4, -0.2) is 35.1 Å². The summed E-state index contributed by atoms with van der Waals surface area (Å²) in [6.45, 7) is 2.86. The summed E-state index contributed by atoms with van der Waals surface area (Å²) >= 11 is 1.59. The van der Waals surface area contributed by atoms with E-state index in [4.69, 9.17) is 5.11 Å². The molecule has 1 aliphatic rings. The van der Waals surface area contributed by atoms with Crippen molar-refractivity contribution in [2.24, 2.45) is 5.92 Å². The van der Waals surface area contributed by atoms with Crippen LogP contribution in [0.5, 0.6) is 0 Å². The third-order valence-electron chi connectivity index (χ3n) is 3.44. The molecule has 2 unspecified atom stereocenters. The van der Waals surface area contributed by atoms with E-state index in [2.05, 4.69) is 5.32 Å². The van der Waals surface area contributed by atoms with Gasteiger partial charge in [-0.25, -0.2) is 4.79 Å². The van der Waals surface area contributed by atoms with E-state index in [1.54, 1.807) is 16.2 Å². The zero-order valence-corrected chi connectivity index (χ0v) is 11.7. The van der Waals surface area contributed by atoms with Crippen molar-refractivity contribution in [2.75, 3.05) is 13.1 Å². The Morgan fingerprint density at radius 1 is 1.58 bits per heavy atom. The molecule has 1 saturated heterocycles. The highest BCUT2D eigenvalue weighted by molar-refractivity contribution is 7.07. The number of nitrogens with zero attached hydrogens (tertiary/aromatic N) is 1. The third kappa shape index (κ3) is 3.47. The SMILES string of the molecule is CC(NC(=O)N1CCCC(C(=O)O)C1)c1ccsc1. The number of amides is 2. The summed E-state index contributed by atoms with van der Waals surface area (Å²) in [5.74, 6) is -1.25. The van der Waals surface area contributed by atoms with Crippen LogP contribution in [0.3, 0.4) is 0 Å². The second kappa shape index (κ2) is 6.06. The Morgan fingerprint density at radius 2 is 2.37 bits per heavy atom. The van der Waals surface area contributed by atoms with Crippen molar-refractivity contribution in [3.05, 3.63) is 22.4 Å². The molecule has 2 N–H and O–H groups in total. The van der Waals surface area contributed by atoms with Gasteiger partial charge in [0.2, 0.25) is 0 Å². The topological polar surface area (TPSA) is 69.6 Å². The van der Waals surface area contributed by atoms with Crippen molar-refractivity contribution in [2.45, 2.75) is 25.8 Å². The van der Waals surface area contributed by atoms with Gasteiger partial charge in [0.05, 0.1) is 12.0 Å². The molecular weight excluding hydrogens is 264 g/mol. The number of piperidine rings is 1. The minimum Gasteiger partial charge on any atom is -0.481 e. The smallest absolute Gasteiger partial charge is 0.317 e. The first-order chi connectivity index (χ1) is 9.08. The molecule has 0 spiro atoms. The number of aliphatic carboxylic acids is 1. The molecule has 1 aromatic rings. The minimum absolute atomic E-state index is 0.0519. The number of carbonyl (C=O) groups is 2. The molecule has 1 aromatic heterocycles. The monoisotopic (exact) mass is 282 g/mol. The van der Waals surface area contributed by atoms with E-state index < -0.39 is 11.9 Å². The van der Waals surface area contributed by atoms with Gasteiger partial charge in [0, 0.05) is 13.1 Å². The van der Waals surface area contributed by atoms with Gasteiger partial charge in [0.15, 0.2) is 0 Å². The van der Waals surface area contributed by atoms with E-state index in [1.165, 1.54) is 0 Å². The summed E-state index contributed by atoms with van der Waals surface area (Å²) in [4.78, 5) is 24.7. The molecule has 0 bridgehead atoms. The fraction of sp³-hybridized carbons (Fsp3) is 0.538. The Labute approximate surface area is 116 Å². The summed E-state index contributed by atoms with van der Waals surface area (Å²) in [5.41, 5.74) is 1.07. The number of nitrogens with one attached hydrogen (secondary N) is 1. The van der Waals surface area contributed by atoms with E-state index in [0.717, 1.165) is 12.0 Å². The largest absolute Gasteiger partial charge is 0.481 e. The van der Waals surface area contributed by atoms with E-state index in [-0.39, 0.29) is 12.1 Å². The van der Waals surface area contributed by atoms with Gasteiger partial charge in [-0.1, -0.05) is 0 Å². The average Bonchev–Trinajstić information content (AvgIpc) is 2.92. The van der Waals surface area contributed by atoms with Crippen LogP contribution in [0.1, 0.15) is 31.4 Å². The molecule has 6 heteroatoms. The van der Waals surface area contributed by atoms with Crippen LogP contribution in [0, 0.1) is 5.92 Å². The van der Waals surface area contributed by atoms with Crippen molar-refractivity contribution < 1.29 is 14.7 Å². The molecule has 0 aromatic carbocycles. The van der Waals surface area contributed by atoms with Crippen LogP contribution in [0.25, 0.3) is 0 Å². The first kappa shape index (κ1) is 13.9. The predicted octanol–water partition coefficient (Wildman–Crippen LogP) is 2.32. The van der Waals surface area contributed by atoms with Crippen LogP contribution < -0.4 is 5.32 Å². The molecule has 2 heterocycles. The van der Waals surface area contributed by atoms with Gasteiger partial charge >= 0.3 is 12.0 Å². The van der Waals surface area contributed by atoms with Crippen LogP contribution in [0.4, 0.5) is 4.79 Å². The fourth-order valence-corrected chi connectivity index (χ4v) is 3.00. The second-order valence-corrected chi connectivity index (χ2v) is 5.63. The van der Waals surface area contributed by atoms with E-state index >= 15 is 0 Å². The lowest BCUT2D eigenvalue weighted by atomic mass is 9.99. The highest BCUT2D eigenvalue weighted by Gasteiger charge is 2.28. The molecular formula is C13H18N2O3S. The zero-order chi connectivity index (χ0) is 13.8. The normalized spacial score (nSPS) is 20.9. The maximum atomic E-state index is 12.1. The Balaban J connectivity index is 1.91. The fourth-order valence-electron chi connectivity index (χ4n) is 2.24. The number of hydrogen-bond donors (Lipinski definition) is 2. The third-order valence-corrected chi connectivity index (χ3v) is 4.14. The lowest BCUT2D eigenvalue weighted by Crippen LogP contribution is -2.47. The summed E-state index contributed by atoms with van der Waals surface area (Å²) in [6, 6.07) is 1.75. The van der Waals surface area contributed by atoms with E-state index in [1.807, 2.05) is 23.8 Å². The molecule has 5 nitrogen and oxygen atoms in total. The molecule has 1 fully saturated rings. The number of thiophene rings is 1. The highest BCUT2D eigenvalue weighted by Crippen LogP contribution is 2.19. The maximum Gasteiger partial charge on any atom is 0.317 e. The first-order valence-corrected chi connectivity index (χ1v) is 7.32. The molecule has 19 heavy (non-hydrogen) atoms. The van der Waals surface area contributed by atoms with Gasteiger partial charge in [-0.3, -0.25) is 4.79 Å².